The zero-order chi connectivity index (χ0) is 13.0. The molecule has 2 rings (SSSR count). The summed E-state index contributed by atoms with van der Waals surface area (Å²) in [6, 6.07) is 15.7. The van der Waals surface area contributed by atoms with Gasteiger partial charge in [-0.1, -0.05) is 61.4 Å². The Morgan fingerprint density at radius 2 is 1.72 bits per heavy atom. The van der Waals surface area contributed by atoms with Crippen LogP contribution in [0.15, 0.2) is 48.5 Å². The van der Waals surface area contributed by atoms with Crippen molar-refractivity contribution >= 4 is 5.78 Å². The first-order valence-electron chi connectivity index (χ1n) is 6.41. The van der Waals surface area contributed by atoms with Gasteiger partial charge in [-0.2, -0.15) is 0 Å². The third-order valence-corrected chi connectivity index (χ3v) is 3.04. The van der Waals surface area contributed by atoms with E-state index in [0.29, 0.717) is 0 Å². The lowest BCUT2D eigenvalue weighted by molar-refractivity contribution is 0.103. The van der Waals surface area contributed by atoms with E-state index in [1.165, 1.54) is 5.56 Å². The first-order valence-corrected chi connectivity index (χ1v) is 6.41. The standard InChI is InChI=1S/C17H18O/c1-3-5-14-8-10-15(11-9-14)17(18)16-7-4-6-13(2)12-16/h4,6-12H,3,5H2,1-2H3. The molecule has 1 nitrogen and oxygen atoms in total. The normalized spacial score (nSPS) is 10.3. The summed E-state index contributed by atoms with van der Waals surface area (Å²) in [6.07, 6.45) is 2.20. The van der Waals surface area contributed by atoms with Crippen LogP contribution in [-0.4, -0.2) is 5.78 Å². The van der Waals surface area contributed by atoms with Gasteiger partial charge < -0.3 is 0 Å². The largest absolute Gasteiger partial charge is 0.289 e. The lowest BCUT2D eigenvalue weighted by Gasteiger charge is -2.04. The molecule has 92 valence electrons. The first kappa shape index (κ1) is 12.6. The minimum atomic E-state index is 0.0988. The minimum Gasteiger partial charge on any atom is -0.289 e. The molecule has 0 radical (unpaired) electrons. The molecule has 0 aliphatic carbocycles. The highest BCUT2D eigenvalue weighted by Crippen LogP contribution is 2.13. The molecule has 0 saturated carbocycles. The Bertz CT molecular complexity index is 538. The molecule has 0 saturated heterocycles. The maximum absolute atomic E-state index is 12.3. The lowest BCUT2D eigenvalue weighted by Crippen LogP contribution is -2.01. The van der Waals surface area contributed by atoms with E-state index in [-0.39, 0.29) is 5.78 Å². The highest BCUT2D eigenvalue weighted by Gasteiger charge is 2.08. The van der Waals surface area contributed by atoms with Crippen molar-refractivity contribution in [1.82, 2.24) is 0 Å². The van der Waals surface area contributed by atoms with Crippen LogP contribution in [0.5, 0.6) is 0 Å². The molecule has 0 bridgehead atoms. The van der Waals surface area contributed by atoms with Crippen molar-refractivity contribution in [3.05, 3.63) is 70.8 Å². The van der Waals surface area contributed by atoms with Crippen molar-refractivity contribution in [2.24, 2.45) is 0 Å². The van der Waals surface area contributed by atoms with Crippen molar-refractivity contribution in [3.63, 3.8) is 0 Å². The van der Waals surface area contributed by atoms with Gasteiger partial charge in [-0.05, 0) is 25.0 Å². The molecule has 18 heavy (non-hydrogen) atoms. The molecule has 0 aromatic heterocycles. The molecule has 0 fully saturated rings. The number of hydrogen-bond donors (Lipinski definition) is 0. The topological polar surface area (TPSA) is 17.1 Å². The maximum Gasteiger partial charge on any atom is 0.193 e. The highest BCUT2D eigenvalue weighted by atomic mass is 16.1. The summed E-state index contributed by atoms with van der Waals surface area (Å²) in [5.41, 5.74) is 3.93. The Balaban J connectivity index is 2.23. The van der Waals surface area contributed by atoms with Gasteiger partial charge in [0, 0.05) is 11.1 Å². The van der Waals surface area contributed by atoms with Crippen molar-refractivity contribution in [1.29, 1.82) is 0 Å². The summed E-state index contributed by atoms with van der Waals surface area (Å²) in [6.45, 7) is 4.16. The second-order valence-corrected chi connectivity index (χ2v) is 4.65. The molecule has 0 unspecified atom stereocenters. The third kappa shape index (κ3) is 2.86. The van der Waals surface area contributed by atoms with E-state index < -0.39 is 0 Å². The van der Waals surface area contributed by atoms with E-state index in [1.807, 2.05) is 55.5 Å². The molecule has 2 aromatic rings. The second-order valence-electron chi connectivity index (χ2n) is 4.65. The number of ketones is 1. The second kappa shape index (κ2) is 5.63. The summed E-state index contributed by atoms with van der Waals surface area (Å²) in [5.74, 6) is 0.0988. The number of rotatable bonds is 4. The fraction of sp³-hybridized carbons (Fsp3) is 0.235. The van der Waals surface area contributed by atoms with Crippen LogP contribution in [0.2, 0.25) is 0 Å². The molecule has 0 heterocycles. The van der Waals surface area contributed by atoms with E-state index in [1.54, 1.807) is 0 Å². The van der Waals surface area contributed by atoms with Gasteiger partial charge in [-0.15, -0.1) is 0 Å². The summed E-state index contributed by atoms with van der Waals surface area (Å²) in [5, 5.41) is 0. The predicted octanol–water partition coefficient (Wildman–Crippen LogP) is 4.18. The van der Waals surface area contributed by atoms with Gasteiger partial charge in [0.05, 0.1) is 0 Å². The van der Waals surface area contributed by atoms with Crippen molar-refractivity contribution in [2.75, 3.05) is 0 Å². The van der Waals surface area contributed by atoms with E-state index in [9.17, 15) is 4.79 Å². The van der Waals surface area contributed by atoms with Crippen LogP contribution in [0.3, 0.4) is 0 Å². The van der Waals surface area contributed by atoms with E-state index in [4.69, 9.17) is 0 Å². The van der Waals surface area contributed by atoms with Gasteiger partial charge in [-0.25, -0.2) is 0 Å². The van der Waals surface area contributed by atoms with Crippen LogP contribution < -0.4 is 0 Å². The van der Waals surface area contributed by atoms with Crippen LogP contribution in [0.1, 0.15) is 40.4 Å². The molecule has 0 aliphatic rings. The van der Waals surface area contributed by atoms with Gasteiger partial charge in [0.2, 0.25) is 0 Å². The summed E-state index contributed by atoms with van der Waals surface area (Å²) >= 11 is 0. The van der Waals surface area contributed by atoms with Crippen molar-refractivity contribution < 1.29 is 4.79 Å². The SMILES string of the molecule is CCCc1ccc(C(=O)c2cccc(C)c2)cc1. The molecule has 0 aliphatic heterocycles. The molecule has 0 amide bonds. The first-order chi connectivity index (χ1) is 8.70. The number of aryl methyl sites for hydroxylation is 2. The van der Waals surface area contributed by atoms with Gasteiger partial charge >= 0.3 is 0 Å². The van der Waals surface area contributed by atoms with E-state index >= 15 is 0 Å². The van der Waals surface area contributed by atoms with Crippen molar-refractivity contribution in [3.8, 4) is 0 Å². The van der Waals surface area contributed by atoms with Gasteiger partial charge in [0.15, 0.2) is 5.78 Å². The number of carbonyl (C=O) groups excluding carboxylic acids is 1. The molecule has 0 atom stereocenters. The van der Waals surface area contributed by atoms with Crippen LogP contribution in [0.4, 0.5) is 0 Å². The van der Waals surface area contributed by atoms with E-state index in [0.717, 1.165) is 29.5 Å². The molecule has 2 aromatic carbocycles. The molecule has 0 spiro atoms. The predicted molar refractivity (Wildman–Crippen MR) is 75.0 cm³/mol. The minimum absolute atomic E-state index is 0.0988. The summed E-state index contributed by atoms with van der Waals surface area (Å²) < 4.78 is 0. The lowest BCUT2D eigenvalue weighted by atomic mass is 10.00. The van der Waals surface area contributed by atoms with Gasteiger partial charge in [0.1, 0.15) is 0 Å². The monoisotopic (exact) mass is 238 g/mol. The number of hydrogen-bond acceptors (Lipinski definition) is 1. The Labute approximate surface area is 108 Å². The number of carbonyl (C=O) groups is 1. The Kier molecular flexibility index (Phi) is 3.93. The maximum atomic E-state index is 12.3. The van der Waals surface area contributed by atoms with E-state index in [2.05, 4.69) is 6.92 Å². The molecular formula is C17H18O. The van der Waals surface area contributed by atoms with Gasteiger partial charge in [-0.3, -0.25) is 4.79 Å². The smallest absolute Gasteiger partial charge is 0.193 e. The third-order valence-electron chi connectivity index (χ3n) is 3.04. The fourth-order valence-electron chi connectivity index (χ4n) is 2.06. The highest BCUT2D eigenvalue weighted by molar-refractivity contribution is 6.09. The van der Waals surface area contributed by atoms with Crippen molar-refractivity contribution in [2.45, 2.75) is 26.7 Å². The fourth-order valence-corrected chi connectivity index (χ4v) is 2.06. The average Bonchev–Trinajstić information content (AvgIpc) is 2.39. The van der Waals surface area contributed by atoms with Crippen LogP contribution in [0, 0.1) is 6.92 Å². The van der Waals surface area contributed by atoms with Crippen LogP contribution in [-0.2, 0) is 6.42 Å². The Hall–Kier alpha value is -1.89. The van der Waals surface area contributed by atoms with Gasteiger partial charge in [0.25, 0.3) is 0 Å². The van der Waals surface area contributed by atoms with Crippen LogP contribution in [0.25, 0.3) is 0 Å². The summed E-state index contributed by atoms with van der Waals surface area (Å²) in [7, 11) is 0. The quantitative estimate of drug-likeness (QED) is 0.730. The molecule has 0 N–H and O–H groups in total. The average molecular weight is 238 g/mol. The summed E-state index contributed by atoms with van der Waals surface area (Å²) in [4.78, 5) is 12.3. The Morgan fingerprint density at radius 3 is 2.33 bits per heavy atom. The molecule has 1 heteroatoms. The zero-order valence-corrected chi connectivity index (χ0v) is 10.9. The molecular weight excluding hydrogens is 220 g/mol. The Morgan fingerprint density at radius 1 is 1.00 bits per heavy atom. The van der Waals surface area contributed by atoms with Crippen LogP contribution >= 0.6 is 0 Å². The number of benzene rings is 2. The zero-order valence-electron chi connectivity index (χ0n) is 10.9.